The maximum Gasteiger partial charge on any atom is 0.339 e. The summed E-state index contributed by atoms with van der Waals surface area (Å²) in [7, 11) is 27.2. The van der Waals surface area contributed by atoms with Crippen LogP contribution in [0.15, 0.2) is 227 Å². The lowest BCUT2D eigenvalue weighted by molar-refractivity contribution is -0.160. The van der Waals surface area contributed by atoms with Gasteiger partial charge in [-0.15, -0.1) is 0 Å². The first-order chi connectivity index (χ1) is 64.4. The topological polar surface area (TPSA) is 468 Å². The molecule has 0 bridgehead atoms. The molecule has 1 aliphatic heterocycles. The second-order valence-corrected chi connectivity index (χ2v) is 34.1. The van der Waals surface area contributed by atoms with Crippen LogP contribution in [-0.2, 0) is 85.3 Å². The first-order valence-corrected chi connectivity index (χ1v) is 44.8. The van der Waals surface area contributed by atoms with Gasteiger partial charge in [0, 0.05) is 143 Å². The number of rotatable bonds is 13. The number of halogens is 5. The van der Waals surface area contributed by atoms with Crippen LogP contribution in [-0.4, -0.2) is 177 Å². The van der Waals surface area contributed by atoms with Gasteiger partial charge in [-0.1, -0.05) is 72.5 Å². The van der Waals surface area contributed by atoms with Gasteiger partial charge in [0.15, 0.2) is 34.6 Å². The van der Waals surface area contributed by atoms with Crippen LogP contribution < -0.4 is 74.4 Å². The lowest BCUT2D eigenvalue weighted by Gasteiger charge is -2.26. The third-order valence-electron chi connectivity index (χ3n) is 17.6. The molecule has 13 rings (SSSR count). The number of pyridine rings is 2. The summed E-state index contributed by atoms with van der Waals surface area (Å²) in [6.45, 7) is 20.0. The van der Waals surface area contributed by atoms with Gasteiger partial charge in [0.2, 0.25) is 5.91 Å². The largest absolute Gasteiger partial charge is 0.497 e. The maximum atomic E-state index is 14.2. The number of nitrogens with two attached hydrogens (primary N) is 1. The number of nitrogen functional groups attached to an aromatic ring is 1. The molecule has 0 saturated heterocycles. The Hall–Kier alpha value is -13.1. The molecule has 1 unspecified atom stereocenters. The molecule has 36 nitrogen and oxygen atoms in total. The number of fused-ring (bicyclic) bond motifs is 3. The van der Waals surface area contributed by atoms with E-state index in [9.17, 15) is 78.4 Å². The third-order valence-corrected chi connectivity index (χ3v) is 21.5. The maximum absolute atomic E-state index is 14.2. The molecule has 9 radical (unpaired) electrons. The first kappa shape index (κ1) is 116. The van der Waals surface area contributed by atoms with E-state index >= 15 is 0 Å². The Kier molecular flexibility index (Phi) is 49.5. The van der Waals surface area contributed by atoms with Gasteiger partial charge in [-0.05, 0) is 187 Å². The average Bonchev–Trinajstić information content (AvgIpc) is 0.750. The number of hydrogen-bond donors (Lipinski definition) is 5. The molecule has 0 aliphatic carbocycles. The number of nitrogens with zero attached hydrogens (tertiary/aromatic N) is 12. The number of carbonyl (C=O) groups excluding carboxylic acids is 4. The summed E-state index contributed by atoms with van der Waals surface area (Å²) in [5.41, 5.74) is 10.8. The number of aryl methyl sites for hydroxylation is 8. The number of ketones is 1. The molecule has 135 heavy (non-hydrogen) atoms. The second kappa shape index (κ2) is 57.5. The summed E-state index contributed by atoms with van der Waals surface area (Å²) in [6, 6.07) is 34.3. The van der Waals surface area contributed by atoms with Crippen molar-refractivity contribution in [2.24, 2.45) is 54.1 Å². The number of aromatic amines is 1. The minimum absolute atomic E-state index is 0. The third kappa shape index (κ3) is 36.4. The summed E-state index contributed by atoms with van der Waals surface area (Å²) in [6.07, 6.45) is 6.09. The molecule has 7 aromatic heterocycles. The lowest BCUT2D eigenvalue weighted by atomic mass is 9.08. The molecule has 48 heteroatoms. The van der Waals surface area contributed by atoms with E-state index in [0.717, 1.165) is 24.0 Å². The zero-order valence-corrected chi connectivity index (χ0v) is 83.0. The summed E-state index contributed by atoms with van der Waals surface area (Å²) < 4.78 is 122. The summed E-state index contributed by atoms with van der Waals surface area (Å²) in [4.78, 5) is 152. The Labute approximate surface area is 822 Å². The summed E-state index contributed by atoms with van der Waals surface area (Å²) in [5, 5.41) is 8.59. The normalized spacial score (nSPS) is 11.2. The fourth-order valence-corrected chi connectivity index (χ4v) is 13.0. The number of Topliss-reactive ketones (excluding diaryl/α,β-unsaturated/α-hetero) is 1. The number of anilines is 6. The molecule has 0 saturated carbocycles. The second-order valence-electron chi connectivity index (χ2n) is 27.5. The first-order valence-electron chi connectivity index (χ1n) is 40.9. The van der Waals surface area contributed by atoms with Crippen LogP contribution >= 0.6 is 55.9 Å². The van der Waals surface area contributed by atoms with Gasteiger partial charge in [-0.3, -0.25) is 66.8 Å². The molecule has 1 aliphatic rings. The molecular weight excluding hydrogens is 2030 g/mol. The number of benzene rings is 5. The minimum Gasteiger partial charge on any atom is -0.497 e. The van der Waals surface area contributed by atoms with E-state index in [-0.39, 0.29) is 135 Å². The number of aromatic nitrogens is 12. The molecule has 713 valence electrons. The van der Waals surface area contributed by atoms with Crippen molar-refractivity contribution in [3.05, 3.63) is 303 Å². The van der Waals surface area contributed by atoms with Crippen molar-refractivity contribution in [3.63, 3.8) is 0 Å². The summed E-state index contributed by atoms with van der Waals surface area (Å²) in [5.74, 6) is -2.34. The fraction of sp³-hybridized carbons (Fsp3) is 0.264. The minimum atomic E-state index is -4.23. The van der Waals surface area contributed by atoms with Crippen LogP contribution in [0.5, 0.6) is 11.5 Å². The van der Waals surface area contributed by atoms with Crippen molar-refractivity contribution in [2.45, 2.75) is 72.6 Å². The van der Waals surface area contributed by atoms with Crippen molar-refractivity contribution >= 4 is 193 Å². The average molecular weight is 2140 g/mol. The molecule has 0 spiro atoms. The van der Waals surface area contributed by atoms with Crippen molar-refractivity contribution < 1.29 is 69.1 Å². The van der Waals surface area contributed by atoms with E-state index in [1.807, 2.05) is 89.4 Å². The van der Waals surface area contributed by atoms with Crippen LogP contribution in [0.3, 0.4) is 0 Å². The van der Waals surface area contributed by atoms with Crippen LogP contribution in [0.2, 0.25) is 0 Å². The zero-order valence-electron chi connectivity index (χ0n) is 80.3. The van der Waals surface area contributed by atoms with Crippen molar-refractivity contribution in [3.8, 4) is 11.5 Å². The van der Waals surface area contributed by atoms with Crippen molar-refractivity contribution in [1.29, 1.82) is 0 Å². The van der Waals surface area contributed by atoms with Crippen LogP contribution in [0.4, 0.5) is 43.3 Å². The number of hydrogen-bond acceptors (Lipinski definition) is 28. The van der Waals surface area contributed by atoms with Gasteiger partial charge in [0.1, 0.15) is 50.3 Å². The van der Waals surface area contributed by atoms with Crippen LogP contribution in [0.25, 0.3) is 22.1 Å². The number of methoxy groups -OCH3 is 1. The molecule has 6 N–H and O–H groups in total. The number of nitrogens with one attached hydrogen (secondary N) is 4. The van der Waals surface area contributed by atoms with E-state index in [1.165, 1.54) is 161 Å². The highest BCUT2D eigenvalue weighted by molar-refractivity contribution is 14.1. The Morgan fingerprint density at radius 2 is 1.07 bits per heavy atom. The number of amides is 1. The number of para-hydroxylation sites is 1. The predicted molar refractivity (Wildman–Crippen MR) is 546 cm³/mol. The van der Waals surface area contributed by atoms with Gasteiger partial charge < -0.3 is 63.3 Å². The molecule has 0 fully saturated rings. The van der Waals surface area contributed by atoms with Crippen LogP contribution in [0.1, 0.15) is 73.7 Å². The number of carbonyl (C=O) groups is 4. The van der Waals surface area contributed by atoms with E-state index in [1.54, 1.807) is 112 Å². The number of esters is 2. The Bertz CT molecular complexity index is 6880. The molecule has 12 aromatic rings. The lowest BCUT2D eigenvalue weighted by Crippen LogP contribution is -2.45. The Balaban J connectivity index is 0. The highest BCUT2D eigenvalue weighted by Gasteiger charge is 2.38. The van der Waals surface area contributed by atoms with Gasteiger partial charge in [0.05, 0.1) is 85.4 Å². The van der Waals surface area contributed by atoms with Gasteiger partial charge in [-0.2, -0.15) is 8.42 Å². The molecule has 1 amide bonds. The highest BCUT2D eigenvalue weighted by Crippen LogP contribution is 2.30. The quantitative estimate of drug-likeness (QED) is 0.0105. The predicted octanol–water partition coefficient (Wildman–Crippen LogP) is 9.37. The molecule has 8 heterocycles. The van der Waals surface area contributed by atoms with Gasteiger partial charge in [0.25, 0.3) is 48.0 Å². The van der Waals surface area contributed by atoms with E-state index in [4.69, 9.17) is 31.3 Å². The van der Waals surface area contributed by atoms with E-state index in [2.05, 4.69) is 103 Å². The monoisotopic (exact) mass is 2140 g/mol. The van der Waals surface area contributed by atoms with Crippen molar-refractivity contribution in [2.75, 3.05) is 68.1 Å². The SMILES string of the molecule is C.C=C=C=C.CC1C(=O)c2c(ncn(C)c2=O)N(C)C1=O.CCOC(=O)C(C)C(=O)OCC.CNc1cc(=O)[nH]cn1.CNc1cc(=O)n(C)cn1.COc1ccccc1.Cc1c(Nc2ccc(I)cc2F)c2c(=O)n(C)cnc2n(C)c1=O.Cc1ccc(S(=O)(=O)Cl)cc1.Cc1ccc(S(=O)(=O)Oc2c(C)c(=O)n(C)c3ncn(C)c(=O)c23)cc1.Nc1ccc(I)cc1F.[2H][2H].[2H][2H].[B].[B]B([B])[B]. The van der Waals surface area contributed by atoms with Gasteiger partial charge >= 0.3 is 22.1 Å². The fourth-order valence-electron chi connectivity index (χ4n) is 10.3. The van der Waals surface area contributed by atoms with E-state index < -0.39 is 77.6 Å². The Morgan fingerprint density at radius 1 is 0.630 bits per heavy atom. The highest BCUT2D eigenvalue weighted by atomic mass is 127. The summed E-state index contributed by atoms with van der Waals surface area (Å²) >= 11 is 4.04. The zero-order chi connectivity index (χ0) is 105. The number of H-pyrrole nitrogens is 1. The smallest absolute Gasteiger partial charge is 0.339 e. The van der Waals surface area contributed by atoms with Gasteiger partial charge in [-0.25, -0.2) is 42.1 Å². The molecule has 5 aromatic carbocycles. The van der Waals surface area contributed by atoms with Crippen molar-refractivity contribution in [1.82, 2.24) is 57.3 Å². The number of ether oxygens (including phenoxy) is 3. The standard InChI is InChI=1S/C17H17N3O5S.C16H14FIN4O2.C10H11N3O3.C8H14O4.C7H7ClO2S.C7H8O.C6H5FIN.C6H9N3O.C5H7N3O.C4H4.CH4.B4.B.2H2/c1-10-5-7-12(8-6-10)26(23,24)25-14-11(2)16(21)20(4)15-13(14)17(22)19(3)9-18-15;1-8-13(20-11-5-4-9(18)6-10(11)17)12-14(22(3)15(8)23)19-7-21(2)16(12)24;1-5-7(14)6-8(13(3)9(5)15)11-4-12(2)10(6)16;1-4-11-7(9)6(3)8(10)12-5-2;1-6-2-4-7(5-3-6)11(8,9)10;1-8-7-5-3-2-4-6-7;7-5-3-4(8)1-2-6(5)9;1-7-5-3-6(10)9(2)4-8-5;1-6-4-2-5(9)8-3-7-4;1-3-4-2;;1-4(2)3;;;/h5-9H,1-4H3;4-7,20H,1-3H3;4-5H,1-3H3;6H,4-5H2,1-3H3;2-5H,1H3;2-6H,1H3;1-3H,9H2;3-4,7H,1-2H3;2-3H,1H3,(H2,6,7,8,9);1-2H2;1H4;;;2*1H/i;;;;;;;;;;;;;2*1+1D. The van der Waals surface area contributed by atoms with Crippen LogP contribution in [0, 0.1) is 58.3 Å². The molecular formula is C87H104B5ClF2I2N17O19S2. The Morgan fingerprint density at radius 3 is 1.50 bits per heavy atom. The van der Waals surface area contributed by atoms with E-state index in [0.29, 0.717) is 17.2 Å². The molecule has 1 atom stereocenters.